The molecule has 0 radical (unpaired) electrons. The summed E-state index contributed by atoms with van der Waals surface area (Å²) in [5, 5.41) is 0. The Bertz CT molecular complexity index is 26.7. The largest absolute Gasteiger partial charge is 0.373 e. The van der Waals surface area contributed by atoms with E-state index in [2.05, 4.69) is 19.6 Å². The van der Waals surface area contributed by atoms with Crippen molar-refractivity contribution in [3.05, 3.63) is 0 Å². The van der Waals surface area contributed by atoms with E-state index in [0.29, 0.717) is 6.10 Å². The van der Waals surface area contributed by atoms with Gasteiger partial charge in [-0.05, 0) is 13.2 Å². The first-order valence-electron chi connectivity index (χ1n) is 1.96. The van der Waals surface area contributed by atoms with Crippen molar-refractivity contribution in [3.63, 3.8) is 0 Å². The average molecular weight is 106 g/mol. The second-order valence-corrected chi connectivity index (χ2v) is 1.14. The molecular formula is C4H10OS. The van der Waals surface area contributed by atoms with Gasteiger partial charge in [0.25, 0.3) is 0 Å². The highest BCUT2D eigenvalue weighted by Gasteiger charge is 2.13. The predicted molar refractivity (Wildman–Crippen MR) is 30.3 cm³/mol. The number of hydrogen-bond acceptors (Lipinski definition) is 2. The van der Waals surface area contributed by atoms with Gasteiger partial charge in [0.05, 0.1) is 12.7 Å². The van der Waals surface area contributed by atoms with Crippen LogP contribution in [0, 0.1) is 0 Å². The molecule has 1 rings (SSSR count). The zero-order chi connectivity index (χ0) is 4.99. The van der Waals surface area contributed by atoms with Crippen molar-refractivity contribution in [2.24, 2.45) is 0 Å². The Kier molecular flexibility index (Phi) is 3.68. The number of hydrogen-bond donors (Lipinski definition) is 1. The Morgan fingerprint density at radius 2 is 1.83 bits per heavy atom. The third-order valence-electron chi connectivity index (χ3n) is 0.500. The number of epoxide rings is 1. The smallest absolute Gasteiger partial charge is 0.0781 e. The topological polar surface area (TPSA) is 12.5 Å². The quantitative estimate of drug-likeness (QED) is 0.358. The molecule has 1 aliphatic rings. The second-order valence-electron chi connectivity index (χ2n) is 1.14. The third-order valence-corrected chi connectivity index (χ3v) is 0.500. The van der Waals surface area contributed by atoms with Crippen LogP contribution in [0.5, 0.6) is 0 Å². The number of thiol groups is 1. The van der Waals surface area contributed by atoms with Crippen LogP contribution in [0.15, 0.2) is 0 Å². The van der Waals surface area contributed by atoms with Crippen molar-refractivity contribution >= 4 is 12.6 Å². The van der Waals surface area contributed by atoms with Crippen LogP contribution in [0.25, 0.3) is 0 Å². The summed E-state index contributed by atoms with van der Waals surface area (Å²) in [5.74, 6) is 0. The summed E-state index contributed by atoms with van der Waals surface area (Å²) in [5.41, 5.74) is 0. The van der Waals surface area contributed by atoms with Crippen molar-refractivity contribution in [3.8, 4) is 0 Å². The maximum Gasteiger partial charge on any atom is 0.0781 e. The summed E-state index contributed by atoms with van der Waals surface area (Å²) >= 11 is 3.53. The van der Waals surface area contributed by atoms with E-state index in [1.54, 1.807) is 6.26 Å². The summed E-state index contributed by atoms with van der Waals surface area (Å²) in [7, 11) is 0. The van der Waals surface area contributed by atoms with Gasteiger partial charge in [-0.15, -0.1) is 0 Å². The molecular weight excluding hydrogens is 96.1 g/mol. The fourth-order valence-corrected chi connectivity index (χ4v) is 0.0962. The summed E-state index contributed by atoms with van der Waals surface area (Å²) < 4.78 is 4.71. The zero-order valence-electron chi connectivity index (χ0n) is 4.14. The molecule has 38 valence electrons. The SMILES string of the molecule is CC1CO1.CS. The van der Waals surface area contributed by atoms with E-state index < -0.39 is 0 Å². The summed E-state index contributed by atoms with van der Waals surface area (Å²) in [6.45, 7) is 3.04. The molecule has 1 saturated heterocycles. The normalized spacial score (nSPS) is 27.5. The highest BCUT2D eigenvalue weighted by Crippen LogP contribution is 2.04. The molecule has 0 aromatic rings. The van der Waals surface area contributed by atoms with E-state index in [1.165, 1.54) is 0 Å². The summed E-state index contributed by atoms with van der Waals surface area (Å²) in [6.07, 6.45) is 2.28. The maximum atomic E-state index is 4.71. The van der Waals surface area contributed by atoms with Crippen LogP contribution >= 0.6 is 12.6 Å². The molecule has 1 atom stereocenters. The lowest BCUT2D eigenvalue weighted by Crippen LogP contribution is -1.60. The lowest BCUT2D eigenvalue weighted by molar-refractivity contribution is 0.423. The Hall–Kier alpha value is 0.310. The van der Waals surface area contributed by atoms with Gasteiger partial charge in [0.1, 0.15) is 0 Å². The molecule has 0 saturated carbocycles. The Balaban J connectivity index is 0.000000112. The summed E-state index contributed by atoms with van der Waals surface area (Å²) in [4.78, 5) is 0. The Labute approximate surface area is 44.1 Å². The van der Waals surface area contributed by atoms with Gasteiger partial charge in [0.15, 0.2) is 0 Å². The molecule has 0 spiro atoms. The molecule has 2 heteroatoms. The van der Waals surface area contributed by atoms with E-state index in [4.69, 9.17) is 4.74 Å². The molecule has 0 amide bonds. The molecule has 6 heavy (non-hydrogen) atoms. The molecule has 1 nitrogen and oxygen atoms in total. The third kappa shape index (κ3) is 4.31. The molecule has 0 aromatic heterocycles. The van der Waals surface area contributed by atoms with Crippen molar-refractivity contribution in [1.82, 2.24) is 0 Å². The van der Waals surface area contributed by atoms with Crippen LogP contribution in [0.1, 0.15) is 6.92 Å². The molecule has 0 bridgehead atoms. The van der Waals surface area contributed by atoms with Crippen LogP contribution in [0.2, 0.25) is 0 Å². The van der Waals surface area contributed by atoms with E-state index in [-0.39, 0.29) is 0 Å². The van der Waals surface area contributed by atoms with Crippen LogP contribution in [-0.4, -0.2) is 19.0 Å². The van der Waals surface area contributed by atoms with Gasteiger partial charge in [0, 0.05) is 0 Å². The molecule has 1 unspecified atom stereocenters. The van der Waals surface area contributed by atoms with Gasteiger partial charge in [0.2, 0.25) is 0 Å². The molecule has 0 N–H and O–H groups in total. The lowest BCUT2D eigenvalue weighted by Gasteiger charge is -1.50. The second kappa shape index (κ2) is 3.50. The highest BCUT2D eigenvalue weighted by atomic mass is 32.1. The predicted octanol–water partition coefficient (Wildman–Crippen LogP) is 0.951. The van der Waals surface area contributed by atoms with Crippen LogP contribution in [0.4, 0.5) is 0 Å². The maximum absolute atomic E-state index is 4.71. The molecule has 1 fully saturated rings. The number of rotatable bonds is 0. The van der Waals surface area contributed by atoms with E-state index in [1.807, 2.05) is 0 Å². The summed E-state index contributed by atoms with van der Waals surface area (Å²) in [6, 6.07) is 0. The monoisotopic (exact) mass is 106 g/mol. The average Bonchev–Trinajstić information content (AvgIpc) is 2.30. The van der Waals surface area contributed by atoms with Crippen LogP contribution < -0.4 is 0 Å². The van der Waals surface area contributed by atoms with Crippen molar-refractivity contribution in [2.45, 2.75) is 13.0 Å². The van der Waals surface area contributed by atoms with E-state index >= 15 is 0 Å². The van der Waals surface area contributed by atoms with Crippen molar-refractivity contribution in [2.75, 3.05) is 12.9 Å². The van der Waals surface area contributed by atoms with Gasteiger partial charge >= 0.3 is 0 Å². The number of ether oxygens (including phenoxy) is 1. The van der Waals surface area contributed by atoms with Crippen LogP contribution in [-0.2, 0) is 4.74 Å². The highest BCUT2D eigenvalue weighted by molar-refractivity contribution is 7.79. The first-order chi connectivity index (χ1) is 2.89. The molecule has 0 aliphatic carbocycles. The van der Waals surface area contributed by atoms with Gasteiger partial charge in [-0.3, -0.25) is 0 Å². The van der Waals surface area contributed by atoms with Gasteiger partial charge in [-0.2, -0.15) is 12.6 Å². The van der Waals surface area contributed by atoms with Gasteiger partial charge in [-0.1, -0.05) is 0 Å². The van der Waals surface area contributed by atoms with Crippen molar-refractivity contribution < 1.29 is 4.74 Å². The minimum Gasteiger partial charge on any atom is -0.373 e. The standard InChI is InChI=1S/C3H6O.CH4S/c1-3-2-4-3;1-2/h3H,2H2,1H3;2H,1H3. The van der Waals surface area contributed by atoms with Crippen LogP contribution in [0.3, 0.4) is 0 Å². The van der Waals surface area contributed by atoms with E-state index in [0.717, 1.165) is 6.61 Å². The molecule has 0 aromatic carbocycles. The molecule has 1 aliphatic heterocycles. The molecule has 1 heterocycles. The first kappa shape index (κ1) is 6.31. The minimum atomic E-state index is 0.583. The lowest BCUT2D eigenvalue weighted by atomic mass is 10.6. The Morgan fingerprint density at radius 3 is 1.83 bits per heavy atom. The zero-order valence-corrected chi connectivity index (χ0v) is 5.03. The van der Waals surface area contributed by atoms with E-state index in [9.17, 15) is 0 Å². The minimum absolute atomic E-state index is 0.583. The fourth-order valence-electron chi connectivity index (χ4n) is 0.0962. The first-order valence-corrected chi connectivity index (χ1v) is 2.85. The van der Waals surface area contributed by atoms with Gasteiger partial charge < -0.3 is 4.74 Å². The Morgan fingerprint density at radius 1 is 1.67 bits per heavy atom. The fraction of sp³-hybridized carbons (Fsp3) is 1.00. The van der Waals surface area contributed by atoms with Gasteiger partial charge in [-0.25, -0.2) is 0 Å². The van der Waals surface area contributed by atoms with Crippen molar-refractivity contribution in [1.29, 1.82) is 0 Å².